The van der Waals surface area contributed by atoms with Crippen molar-refractivity contribution in [2.75, 3.05) is 0 Å². The van der Waals surface area contributed by atoms with Gasteiger partial charge in [0, 0.05) is 0 Å². The molecule has 0 bridgehead atoms. The first-order valence-electron chi connectivity index (χ1n) is 6.87. The van der Waals surface area contributed by atoms with E-state index in [1.54, 1.807) is 24.3 Å². The maximum absolute atomic E-state index is 12.5. The lowest BCUT2D eigenvalue weighted by Gasteiger charge is -2.00. The van der Waals surface area contributed by atoms with Crippen LogP contribution in [0.25, 0.3) is 27.2 Å². The van der Waals surface area contributed by atoms with Gasteiger partial charge in [0.05, 0.1) is 27.2 Å². The first kappa shape index (κ1) is 13.4. The fourth-order valence-electron chi connectivity index (χ4n) is 2.75. The van der Waals surface area contributed by atoms with Gasteiger partial charge >= 0.3 is 11.3 Å². The van der Waals surface area contributed by atoms with Crippen LogP contribution in [-0.2, 0) is 0 Å². The van der Waals surface area contributed by atoms with E-state index in [4.69, 9.17) is 0 Å². The second-order valence-electron chi connectivity index (χ2n) is 5.40. The maximum Gasteiger partial charge on any atom is 0.346 e. The predicted octanol–water partition coefficient (Wildman–Crippen LogP) is 1.00. The molecule has 2 heterocycles. The fraction of sp³-hybridized carbons (Fsp3) is 0.0588. The molecule has 0 radical (unpaired) electrons. The van der Waals surface area contributed by atoms with Crippen molar-refractivity contribution in [3.05, 3.63) is 83.5 Å². The molecule has 6 heteroatoms. The van der Waals surface area contributed by atoms with Crippen molar-refractivity contribution in [3.8, 4) is 5.69 Å². The Hall–Kier alpha value is -3.28. The Labute approximate surface area is 127 Å². The highest BCUT2D eigenvalue weighted by atomic mass is 16.4. The highest BCUT2D eigenvalue weighted by Crippen LogP contribution is 2.16. The molecule has 0 amide bonds. The smallest absolute Gasteiger partial charge is 0.346 e. The van der Waals surface area contributed by atoms with E-state index < -0.39 is 22.4 Å². The molecule has 4 aromatic rings. The van der Waals surface area contributed by atoms with E-state index in [0.29, 0.717) is 5.69 Å². The van der Waals surface area contributed by atoms with Crippen molar-refractivity contribution < 1.29 is 4.42 Å². The van der Waals surface area contributed by atoms with Crippen LogP contribution in [0.1, 0.15) is 5.56 Å². The number of hydrogen-bond acceptors (Lipinski definition) is 5. The number of nitrogens with zero attached hydrogens (tertiary/aromatic N) is 1. The predicted molar refractivity (Wildman–Crippen MR) is 85.2 cm³/mol. The number of furan rings is 1. The summed E-state index contributed by atoms with van der Waals surface area (Å²) in [5.41, 5.74) is -1.22. The van der Waals surface area contributed by atoms with Crippen molar-refractivity contribution in [2.24, 2.45) is 0 Å². The van der Waals surface area contributed by atoms with Gasteiger partial charge in [-0.25, -0.2) is 14.2 Å². The third-order valence-electron chi connectivity index (χ3n) is 3.94. The molecule has 0 aliphatic rings. The normalized spacial score (nSPS) is 11.5. The van der Waals surface area contributed by atoms with Crippen LogP contribution in [0.15, 0.2) is 60.0 Å². The van der Waals surface area contributed by atoms with Crippen LogP contribution in [0.5, 0.6) is 0 Å². The van der Waals surface area contributed by atoms with Gasteiger partial charge in [-0.3, -0.25) is 9.59 Å². The van der Waals surface area contributed by atoms with Crippen LogP contribution in [0.3, 0.4) is 0 Å². The van der Waals surface area contributed by atoms with E-state index >= 15 is 0 Å². The summed E-state index contributed by atoms with van der Waals surface area (Å²) in [5, 5.41) is 0.225. The van der Waals surface area contributed by atoms with Crippen LogP contribution in [0, 0.1) is 6.92 Å². The molecule has 0 atom stereocenters. The molecule has 0 N–H and O–H groups in total. The molecule has 0 aliphatic heterocycles. The van der Waals surface area contributed by atoms with Crippen LogP contribution in [-0.4, -0.2) is 4.57 Å². The quantitative estimate of drug-likeness (QED) is 0.523. The van der Waals surface area contributed by atoms with Crippen molar-refractivity contribution in [1.29, 1.82) is 0 Å². The van der Waals surface area contributed by atoms with Crippen LogP contribution >= 0.6 is 0 Å². The van der Waals surface area contributed by atoms with E-state index in [-0.39, 0.29) is 21.5 Å². The summed E-state index contributed by atoms with van der Waals surface area (Å²) >= 11 is 0. The summed E-state index contributed by atoms with van der Waals surface area (Å²) in [6.45, 7) is 1.90. The Bertz CT molecular complexity index is 1210. The summed E-state index contributed by atoms with van der Waals surface area (Å²) < 4.78 is 5.53. The lowest BCUT2D eigenvalue weighted by Crippen LogP contribution is -2.23. The Kier molecular flexibility index (Phi) is 2.54. The highest BCUT2D eigenvalue weighted by molar-refractivity contribution is 5.97. The van der Waals surface area contributed by atoms with E-state index in [0.717, 1.165) is 10.1 Å². The second-order valence-corrected chi connectivity index (χ2v) is 5.40. The molecule has 0 saturated heterocycles. The van der Waals surface area contributed by atoms with Gasteiger partial charge in [-0.2, -0.15) is 0 Å². The topological polar surface area (TPSA) is 86.3 Å². The van der Waals surface area contributed by atoms with Crippen molar-refractivity contribution in [2.45, 2.75) is 6.92 Å². The van der Waals surface area contributed by atoms with Gasteiger partial charge in [-0.1, -0.05) is 17.7 Å². The largest absolute Gasteiger partial charge is 0.386 e. The average Bonchev–Trinajstić information content (AvgIpc) is 2.94. The molecule has 0 unspecified atom stereocenters. The number of aryl methyl sites for hydroxylation is 1. The Morgan fingerprint density at radius 2 is 1.22 bits per heavy atom. The lowest BCUT2D eigenvalue weighted by molar-refractivity contribution is 0.500. The zero-order chi connectivity index (χ0) is 16.3. The summed E-state index contributed by atoms with van der Waals surface area (Å²) in [6, 6.07) is 9.44. The number of hydrogen-bond donors (Lipinski definition) is 0. The second kappa shape index (κ2) is 4.36. The molecule has 2 aromatic heterocycles. The molecule has 2 aromatic carbocycles. The van der Waals surface area contributed by atoms with Crippen molar-refractivity contribution >= 4 is 21.5 Å². The first-order valence-corrected chi connectivity index (χ1v) is 6.87. The fourth-order valence-corrected chi connectivity index (χ4v) is 2.75. The molecule has 23 heavy (non-hydrogen) atoms. The van der Waals surface area contributed by atoms with Gasteiger partial charge in [0.2, 0.25) is 0 Å². The highest BCUT2D eigenvalue weighted by Gasteiger charge is 2.18. The van der Waals surface area contributed by atoms with Gasteiger partial charge in [0.1, 0.15) is 0 Å². The zero-order valence-corrected chi connectivity index (χ0v) is 12.0. The third kappa shape index (κ3) is 1.75. The van der Waals surface area contributed by atoms with Crippen LogP contribution in [0.2, 0.25) is 0 Å². The molecule has 4 rings (SSSR count). The minimum absolute atomic E-state index is 0.0145. The van der Waals surface area contributed by atoms with Crippen LogP contribution < -0.4 is 22.4 Å². The van der Waals surface area contributed by atoms with E-state index in [1.807, 2.05) is 6.92 Å². The molecule has 6 nitrogen and oxygen atoms in total. The van der Waals surface area contributed by atoms with E-state index in [2.05, 4.69) is 4.42 Å². The number of fused-ring (bicyclic) bond motifs is 2. The number of benzene rings is 2. The molecule has 0 spiro atoms. The third-order valence-corrected chi connectivity index (χ3v) is 3.94. The maximum atomic E-state index is 12.5. The summed E-state index contributed by atoms with van der Waals surface area (Å²) in [7, 11) is 0. The van der Waals surface area contributed by atoms with Gasteiger partial charge in [0.25, 0.3) is 11.1 Å². The first-order chi connectivity index (χ1) is 11.0. The van der Waals surface area contributed by atoms with E-state index in [1.165, 1.54) is 12.1 Å². The minimum atomic E-state index is -0.804. The Morgan fingerprint density at radius 1 is 0.739 bits per heavy atom. The van der Waals surface area contributed by atoms with Crippen molar-refractivity contribution in [1.82, 2.24) is 4.57 Å². The minimum Gasteiger partial charge on any atom is -0.386 e. The summed E-state index contributed by atoms with van der Waals surface area (Å²) in [5.74, 6) is 0. The standard InChI is InChI=1S/C17H9NO5/c1-8-2-4-9(5-3-8)18-14(19)10-6-12-13(7-11(10)15(18)20)17(22)23-16(12)21/h2-7H,1H3. The molecule has 0 fully saturated rings. The SMILES string of the molecule is Cc1ccc(-n2c(=O)c3cc4c(=O)oc(=O)c4cc3c2=O)cc1. The molecular formula is C17H9NO5. The van der Waals surface area contributed by atoms with E-state index in [9.17, 15) is 19.2 Å². The van der Waals surface area contributed by atoms with Gasteiger partial charge in [-0.15, -0.1) is 0 Å². The number of rotatable bonds is 1. The molecule has 0 aliphatic carbocycles. The van der Waals surface area contributed by atoms with Crippen molar-refractivity contribution in [3.63, 3.8) is 0 Å². The Balaban J connectivity index is 2.18. The Morgan fingerprint density at radius 3 is 1.70 bits per heavy atom. The molecular weight excluding hydrogens is 298 g/mol. The van der Waals surface area contributed by atoms with Gasteiger partial charge < -0.3 is 4.42 Å². The van der Waals surface area contributed by atoms with Gasteiger partial charge in [-0.05, 0) is 31.2 Å². The molecule has 0 saturated carbocycles. The lowest BCUT2D eigenvalue weighted by atomic mass is 10.1. The molecule has 112 valence electrons. The van der Waals surface area contributed by atoms with Gasteiger partial charge in [0.15, 0.2) is 0 Å². The summed E-state index contributed by atoms with van der Waals surface area (Å²) in [6.07, 6.45) is 0. The monoisotopic (exact) mass is 307 g/mol. The average molecular weight is 307 g/mol. The van der Waals surface area contributed by atoms with Crippen LogP contribution in [0.4, 0.5) is 0 Å². The number of aromatic nitrogens is 1. The summed E-state index contributed by atoms with van der Waals surface area (Å²) in [4.78, 5) is 48.3. The zero-order valence-electron chi connectivity index (χ0n) is 12.0.